The molecule has 0 amide bonds. The summed E-state index contributed by atoms with van der Waals surface area (Å²) < 4.78 is 44.1. The minimum Gasteiger partial charge on any atom is -0.453 e. The third-order valence-corrected chi connectivity index (χ3v) is 3.35. The van der Waals surface area contributed by atoms with Crippen LogP contribution < -0.4 is 0 Å². The van der Waals surface area contributed by atoms with Gasteiger partial charge in [-0.05, 0) is 29.8 Å². The maximum Gasteiger partial charge on any atom is 0.416 e. The molecule has 0 saturated heterocycles. The highest BCUT2D eigenvalue weighted by Crippen LogP contribution is 2.32. The van der Waals surface area contributed by atoms with E-state index in [1.807, 2.05) is 6.07 Å². The van der Waals surface area contributed by atoms with Crippen LogP contribution in [0.15, 0.2) is 65.1 Å². The number of ketones is 1. The van der Waals surface area contributed by atoms with Gasteiger partial charge in [0.15, 0.2) is 5.76 Å². The van der Waals surface area contributed by atoms with Crippen molar-refractivity contribution in [2.24, 2.45) is 0 Å². The summed E-state index contributed by atoms with van der Waals surface area (Å²) in [6, 6.07) is 13.7. The standard InChI is InChI=1S/C18H11F3O2/c19-18(20,21)14-7-3-1-5-12(14)9-10-15(22)17-11-13-6-2-4-8-16(13)23-17/h1-11H. The number of furan rings is 1. The molecule has 3 aromatic rings. The van der Waals surface area contributed by atoms with E-state index in [4.69, 9.17) is 4.42 Å². The Kier molecular flexibility index (Phi) is 3.78. The van der Waals surface area contributed by atoms with Gasteiger partial charge >= 0.3 is 6.18 Å². The zero-order chi connectivity index (χ0) is 16.4. The van der Waals surface area contributed by atoms with Gasteiger partial charge < -0.3 is 4.42 Å². The second-order valence-electron chi connectivity index (χ2n) is 4.93. The molecule has 0 aliphatic rings. The first-order valence-electron chi connectivity index (χ1n) is 6.82. The molecule has 0 bridgehead atoms. The predicted molar refractivity (Wildman–Crippen MR) is 81.0 cm³/mol. The Labute approximate surface area is 129 Å². The third kappa shape index (κ3) is 3.18. The number of rotatable bonds is 3. The highest BCUT2D eigenvalue weighted by Gasteiger charge is 2.32. The highest BCUT2D eigenvalue weighted by atomic mass is 19.4. The van der Waals surface area contributed by atoms with E-state index >= 15 is 0 Å². The monoisotopic (exact) mass is 316 g/mol. The van der Waals surface area contributed by atoms with E-state index in [0.29, 0.717) is 5.58 Å². The summed E-state index contributed by atoms with van der Waals surface area (Å²) in [6.07, 6.45) is -2.23. The SMILES string of the molecule is O=C(C=Cc1ccccc1C(F)(F)F)c1cc2ccccc2o1. The number of hydrogen-bond donors (Lipinski definition) is 0. The lowest BCUT2D eigenvalue weighted by molar-refractivity contribution is -0.137. The van der Waals surface area contributed by atoms with E-state index in [-0.39, 0.29) is 11.3 Å². The molecule has 116 valence electrons. The fourth-order valence-electron chi connectivity index (χ4n) is 2.25. The van der Waals surface area contributed by atoms with Gasteiger partial charge in [-0.25, -0.2) is 0 Å². The van der Waals surface area contributed by atoms with Crippen molar-refractivity contribution >= 4 is 22.8 Å². The second-order valence-corrected chi connectivity index (χ2v) is 4.93. The van der Waals surface area contributed by atoms with Crippen LogP contribution >= 0.6 is 0 Å². The molecule has 2 nitrogen and oxygen atoms in total. The molecular formula is C18H11F3O2. The van der Waals surface area contributed by atoms with Crippen LogP contribution in [-0.2, 0) is 6.18 Å². The van der Waals surface area contributed by atoms with Crippen LogP contribution in [0.5, 0.6) is 0 Å². The van der Waals surface area contributed by atoms with Crippen LogP contribution in [0.4, 0.5) is 13.2 Å². The number of carbonyl (C=O) groups is 1. The fourth-order valence-corrected chi connectivity index (χ4v) is 2.25. The number of allylic oxidation sites excluding steroid dienone is 1. The molecule has 2 aromatic carbocycles. The number of alkyl halides is 3. The average Bonchev–Trinajstić information content (AvgIpc) is 2.96. The quantitative estimate of drug-likeness (QED) is 0.482. The zero-order valence-electron chi connectivity index (χ0n) is 11.8. The van der Waals surface area contributed by atoms with E-state index < -0.39 is 17.5 Å². The van der Waals surface area contributed by atoms with E-state index in [1.165, 1.54) is 18.2 Å². The van der Waals surface area contributed by atoms with E-state index in [0.717, 1.165) is 23.6 Å². The van der Waals surface area contributed by atoms with Gasteiger partial charge in [-0.2, -0.15) is 13.2 Å². The molecule has 0 aliphatic carbocycles. The summed E-state index contributed by atoms with van der Waals surface area (Å²) in [7, 11) is 0. The van der Waals surface area contributed by atoms with Crippen LogP contribution in [0, 0.1) is 0 Å². The smallest absolute Gasteiger partial charge is 0.416 e. The van der Waals surface area contributed by atoms with Crippen molar-refractivity contribution in [1.29, 1.82) is 0 Å². The summed E-state index contributed by atoms with van der Waals surface area (Å²) in [6.45, 7) is 0. The first-order chi connectivity index (χ1) is 10.9. The van der Waals surface area contributed by atoms with E-state index in [2.05, 4.69) is 0 Å². The molecule has 0 unspecified atom stereocenters. The minimum atomic E-state index is -4.47. The second kappa shape index (κ2) is 5.76. The van der Waals surface area contributed by atoms with Crippen molar-refractivity contribution in [3.63, 3.8) is 0 Å². The zero-order valence-corrected chi connectivity index (χ0v) is 11.8. The number of hydrogen-bond acceptors (Lipinski definition) is 2. The molecule has 0 saturated carbocycles. The topological polar surface area (TPSA) is 30.2 Å². The van der Waals surface area contributed by atoms with Crippen molar-refractivity contribution in [2.45, 2.75) is 6.18 Å². The molecule has 0 fully saturated rings. The minimum absolute atomic E-state index is 0.0653. The summed E-state index contributed by atoms with van der Waals surface area (Å²) >= 11 is 0. The van der Waals surface area contributed by atoms with Gasteiger partial charge in [-0.1, -0.05) is 42.5 Å². The molecule has 1 aromatic heterocycles. The first kappa shape index (κ1) is 15.1. The summed E-state index contributed by atoms with van der Waals surface area (Å²) in [5.41, 5.74) is -0.293. The van der Waals surface area contributed by atoms with Gasteiger partial charge in [-0.15, -0.1) is 0 Å². The number of halogens is 3. The van der Waals surface area contributed by atoms with Gasteiger partial charge in [-0.3, -0.25) is 4.79 Å². The van der Waals surface area contributed by atoms with Gasteiger partial charge in [0.1, 0.15) is 5.58 Å². The normalized spacial score (nSPS) is 12.1. The molecule has 0 aliphatic heterocycles. The summed E-state index contributed by atoms with van der Waals surface area (Å²) in [4.78, 5) is 12.1. The van der Waals surface area contributed by atoms with Gasteiger partial charge in [0.05, 0.1) is 5.56 Å². The highest BCUT2D eigenvalue weighted by molar-refractivity contribution is 6.07. The Balaban J connectivity index is 1.90. The van der Waals surface area contributed by atoms with Crippen molar-refractivity contribution < 1.29 is 22.4 Å². The van der Waals surface area contributed by atoms with Crippen LogP contribution in [0.2, 0.25) is 0 Å². The lowest BCUT2D eigenvalue weighted by Gasteiger charge is -2.09. The number of fused-ring (bicyclic) bond motifs is 1. The third-order valence-electron chi connectivity index (χ3n) is 3.35. The van der Waals surface area contributed by atoms with E-state index in [1.54, 1.807) is 24.3 Å². The molecular weight excluding hydrogens is 305 g/mol. The molecule has 0 atom stereocenters. The van der Waals surface area contributed by atoms with Crippen molar-refractivity contribution in [1.82, 2.24) is 0 Å². The molecule has 0 radical (unpaired) electrons. The average molecular weight is 316 g/mol. The number of benzene rings is 2. The Hall–Kier alpha value is -2.82. The van der Waals surface area contributed by atoms with Crippen LogP contribution in [-0.4, -0.2) is 5.78 Å². The van der Waals surface area contributed by atoms with Crippen LogP contribution in [0.25, 0.3) is 17.0 Å². The summed E-state index contributed by atoms with van der Waals surface area (Å²) in [5.74, 6) is -0.398. The van der Waals surface area contributed by atoms with Crippen LogP contribution in [0.3, 0.4) is 0 Å². The van der Waals surface area contributed by atoms with Crippen molar-refractivity contribution in [3.8, 4) is 0 Å². The molecule has 23 heavy (non-hydrogen) atoms. The maximum absolute atomic E-state index is 12.9. The molecule has 1 heterocycles. The lowest BCUT2D eigenvalue weighted by Crippen LogP contribution is -2.07. The predicted octanol–water partition coefficient (Wildman–Crippen LogP) is 5.35. The molecule has 3 rings (SSSR count). The van der Waals surface area contributed by atoms with Crippen LogP contribution in [0.1, 0.15) is 21.7 Å². The first-order valence-corrected chi connectivity index (χ1v) is 6.82. The maximum atomic E-state index is 12.9. The Morgan fingerprint density at radius 1 is 1.00 bits per heavy atom. The largest absolute Gasteiger partial charge is 0.453 e. The Morgan fingerprint density at radius 2 is 1.70 bits per heavy atom. The Bertz CT molecular complexity index is 855. The van der Waals surface area contributed by atoms with Crippen molar-refractivity contribution in [3.05, 3.63) is 77.6 Å². The van der Waals surface area contributed by atoms with Gasteiger partial charge in [0.2, 0.25) is 5.78 Å². The molecule has 5 heteroatoms. The lowest BCUT2D eigenvalue weighted by atomic mass is 10.1. The number of carbonyl (C=O) groups excluding carboxylic acids is 1. The fraction of sp³-hybridized carbons (Fsp3) is 0.0556. The van der Waals surface area contributed by atoms with Gasteiger partial charge in [0, 0.05) is 5.39 Å². The number of para-hydroxylation sites is 1. The van der Waals surface area contributed by atoms with Gasteiger partial charge in [0.25, 0.3) is 0 Å². The van der Waals surface area contributed by atoms with Crippen molar-refractivity contribution in [2.75, 3.05) is 0 Å². The molecule has 0 spiro atoms. The summed E-state index contributed by atoms with van der Waals surface area (Å²) in [5, 5.41) is 0.764. The Morgan fingerprint density at radius 3 is 2.43 bits per heavy atom. The van der Waals surface area contributed by atoms with E-state index in [9.17, 15) is 18.0 Å². The molecule has 0 N–H and O–H groups in total.